The molecule has 0 heterocycles. The van der Waals surface area contributed by atoms with Crippen LogP contribution in [0.2, 0.25) is 0 Å². The van der Waals surface area contributed by atoms with Crippen molar-refractivity contribution >= 4 is 11.6 Å². The van der Waals surface area contributed by atoms with Gasteiger partial charge in [-0.15, -0.1) is 0 Å². The summed E-state index contributed by atoms with van der Waals surface area (Å²) >= 11 is 0. The fraction of sp³-hybridized carbons (Fsp3) is 0.211. The molecule has 1 N–H and O–H groups in total. The van der Waals surface area contributed by atoms with E-state index in [4.69, 9.17) is 9.47 Å². The lowest BCUT2D eigenvalue weighted by Crippen LogP contribution is -2.20. The number of hydrogen-bond donors (Lipinski definition) is 1. The SMILES string of the molecule is C=CCOc1ccc(NC(=O)COc2cc(C)cc(C)c2)cc1. The van der Waals surface area contributed by atoms with Gasteiger partial charge in [-0.3, -0.25) is 4.79 Å². The Morgan fingerprint density at radius 3 is 2.30 bits per heavy atom. The zero-order valence-electron chi connectivity index (χ0n) is 13.5. The van der Waals surface area contributed by atoms with E-state index >= 15 is 0 Å². The molecule has 23 heavy (non-hydrogen) atoms. The minimum Gasteiger partial charge on any atom is -0.490 e. The molecule has 0 spiro atoms. The maximum Gasteiger partial charge on any atom is 0.262 e. The van der Waals surface area contributed by atoms with Crippen LogP contribution in [0.1, 0.15) is 11.1 Å². The smallest absolute Gasteiger partial charge is 0.262 e. The highest BCUT2D eigenvalue weighted by Crippen LogP contribution is 2.17. The largest absolute Gasteiger partial charge is 0.490 e. The zero-order valence-corrected chi connectivity index (χ0v) is 13.5. The van der Waals surface area contributed by atoms with Crippen LogP contribution in [0.5, 0.6) is 11.5 Å². The van der Waals surface area contributed by atoms with Crippen molar-refractivity contribution in [2.24, 2.45) is 0 Å². The van der Waals surface area contributed by atoms with E-state index in [1.165, 1.54) is 0 Å². The molecule has 0 aliphatic heterocycles. The van der Waals surface area contributed by atoms with Crippen LogP contribution < -0.4 is 14.8 Å². The Hall–Kier alpha value is -2.75. The summed E-state index contributed by atoms with van der Waals surface area (Å²) < 4.78 is 10.9. The third-order valence-electron chi connectivity index (χ3n) is 3.07. The molecule has 120 valence electrons. The minimum absolute atomic E-state index is 0.0301. The average molecular weight is 311 g/mol. The predicted molar refractivity (Wildman–Crippen MR) is 92.2 cm³/mol. The molecule has 0 atom stereocenters. The van der Waals surface area contributed by atoms with Gasteiger partial charge in [0.25, 0.3) is 5.91 Å². The first-order chi connectivity index (χ1) is 11.1. The molecule has 2 aromatic carbocycles. The molecule has 0 saturated heterocycles. The maximum atomic E-state index is 11.9. The van der Waals surface area contributed by atoms with E-state index < -0.39 is 0 Å². The number of rotatable bonds is 7. The lowest BCUT2D eigenvalue weighted by Gasteiger charge is -2.09. The molecule has 0 saturated carbocycles. The van der Waals surface area contributed by atoms with Crippen LogP contribution in [-0.2, 0) is 4.79 Å². The van der Waals surface area contributed by atoms with Gasteiger partial charge in [-0.2, -0.15) is 0 Å². The third-order valence-corrected chi connectivity index (χ3v) is 3.07. The quantitative estimate of drug-likeness (QED) is 0.789. The molecule has 0 radical (unpaired) electrons. The van der Waals surface area contributed by atoms with Crippen molar-refractivity contribution in [1.29, 1.82) is 0 Å². The molecular weight excluding hydrogens is 290 g/mol. The monoisotopic (exact) mass is 311 g/mol. The third kappa shape index (κ3) is 5.51. The maximum absolute atomic E-state index is 11.9. The summed E-state index contributed by atoms with van der Waals surface area (Å²) in [5.74, 6) is 1.23. The number of carbonyl (C=O) groups is 1. The second kappa shape index (κ2) is 8.03. The van der Waals surface area contributed by atoms with Crippen LogP contribution in [0.15, 0.2) is 55.1 Å². The number of ether oxygens (including phenoxy) is 2. The van der Waals surface area contributed by atoms with Crippen LogP contribution in [0.3, 0.4) is 0 Å². The lowest BCUT2D eigenvalue weighted by atomic mass is 10.1. The molecule has 4 nitrogen and oxygen atoms in total. The molecule has 0 aliphatic carbocycles. The Balaban J connectivity index is 1.85. The molecule has 0 fully saturated rings. The van der Waals surface area contributed by atoms with Gasteiger partial charge in [0.05, 0.1) is 0 Å². The standard InChI is InChI=1S/C19H21NO3/c1-4-9-22-17-7-5-16(6-8-17)20-19(21)13-23-18-11-14(2)10-15(3)12-18/h4-8,10-12H,1,9,13H2,2-3H3,(H,20,21). The van der Waals surface area contributed by atoms with Gasteiger partial charge in [0.15, 0.2) is 6.61 Å². The molecule has 2 rings (SSSR count). The highest BCUT2D eigenvalue weighted by atomic mass is 16.5. The van der Waals surface area contributed by atoms with Gasteiger partial charge in [-0.05, 0) is 61.4 Å². The molecule has 0 aliphatic rings. The first kappa shape index (κ1) is 16.6. The number of carbonyl (C=O) groups excluding carboxylic acids is 1. The summed E-state index contributed by atoms with van der Waals surface area (Å²) in [7, 11) is 0. The van der Waals surface area contributed by atoms with Gasteiger partial charge < -0.3 is 14.8 Å². The molecule has 0 bridgehead atoms. The van der Waals surface area contributed by atoms with Crippen molar-refractivity contribution in [2.45, 2.75) is 13.8 Å². The van der Waals surface area contributed by atoms with Crippen molar-refractivity contribution in [2.75, 3.05) is 18.5 Å². The van der Waals surface area contributed by atoms with Crippen molar-refractivity contribution in [3.05, 3.63) is 66.2 Å². The normalized spacial score (nSPS) is 10.0. The van der Waals surface area contributed by atoms with E-state index in [0.29, 0.717) is 18.0 Å². The number of anilines is 1. The molecule has 2 aromatic rings. The number of nitrogens with one attached hydrogen (secondary N) is 1. The van der Waals surface area contributed by atoms with Gasteiger partial charge in [-0.25, -0.2) is 0 Å². The van der Waals surface area contributed by atoms with Crippen molar-refractivity contribution in [3.63, 3.8) is 0 Å². The van der Waals surface area contributed by atoms with Crippen molar-refractivity contribution in [3.8, 4) is 11.5 Å². The van der Waals surface area contributed by atoms with Crippen LogP contribution >= 0.6 is 0 Å². The molecule has 0 aromatic heterocycles. The number of amides is 1. The zero-order chi connectivity index (χ0) is 16.7. The highest BCUT2D eigenvalue weighted by molar-refractivity contribution is 5.91. The van der Waals surface area contributed by atoms with E-state index in [9.17, 15) is 4.79 Å². The second-order valence-corrected chi connectivity index (χ2v) is 5.28. The van der Waals surface area contributed by atoms with Gasteiger partial charge >= 0.3 is 0 Å². The van der Waals surface area contributed by atoms with E-state index in [-0.39, 0.29) is 12.5 Å². The van der Waals surface area contributed by atoms with Gasteiger partial charge in [0, 0.05) is 5.69 Å². The highest BCUT2D eigenvalue weighted by Gasteiger charge is 2.05. The molecule has 0 unspecified atom stereocenters. The van der Waals surface area contributed by atoms with E-state index in [1.54, 1.807) is 30.3 Å². The Morgan fingerprint density at radius 2 is 1.70 bits per heavy atom. The summed E-state index contributed by atoms with van der Waals surface area (Å²) in [6, 6.07) is 13.0. The van der Waals surface area contributed by atoms with Gasteiger partial charge in [-0.1, -0.05) is 18.7 Å². The second-order valence-electron chi connectivity index (χ2n) is 5.28. The van der Waals surface area contributed by atoms with Crippen molar-refractivity contribution in [1.82, 2.24) is 0 Å². The van der Waals surface area contributed by atoms with Crippen LogP contribution in [0.25, 0.3) is 0 Å². The Bertz CT molecular complexity index is 657. The minimum atomic E-state index is -0.205. The Kier molecular flexibility index (Phi) is 5.80. The Morgan fingerprint density at radius 1 is 1.04 bits per heavy atom. The topological polar surface area (TPSA) is 47.6 Å². The summed E-state index contributed by atoms with van der Waals surface area (Å²) in [6.45, 7) is 8.01. The van der Waals surface area contributed by atoms with Gasteiger partial charge in [0.1, 0.15) is 18.1 Å². The first-order valence-electron chi connectivity index (χ1n) is 7.41. The molecule has 1 amide bonds. The van der Waals surface area contributed by atoms with Crippen molar-refractivity contribution < 1.29 is 14.3 Å². The van der Waals surface area contributed by atoms with Crippen LogP contribution in [0, 0.1) is 13.8 Å². The number of aryl methyl sites for hydroxylation is 2. The average Bonchev–Trinajstić information content (AvgIpc) is 2.51. The summed E-state index contributed by atoms with van der Waals surface area (Å²) in [5.41, 5.74) is 2.91. The number of hydrogen-bond acceptors (Lipinski definition) is 3. The lowest BCUT2D eigenvalue weighted by molar-refractivity contribution is -0.118. The molecular formula is C19H21NO3. The van der Waals surface area contributed by atoms with E-state index in [2.05, 4.69) is 18.0 Å². The first-order valence-corrected chi connectivity index (χ1v) is 7.41. The van der Waals surface area contributed by atoms with Gasteiger partial charge in [0.2, 0.25) is 0 Å². The fourth-order valence-corrected chi connectivity index (χ4v) is 2.15. The van der Waals surface area contributed by atoms with E-state index in [0.717, 1.165) is 16.9 Å². The fourth-order valence-electron chi connectivity index (χ4n) is 2.15. The van der Waals surface area contributed by atoms with Crippen LogP contribution in [0.4, 0.5) is 5.69 Å². The summed E-state index contributed by atoms with van der Waals surface area (Å²) in [6.07, 6.45) is 1.68. The Labute approximate surface area is 136 Å². The van der Waals surface area contributed by atoms with Crippen LogP contribution in [-0.4, -0.2) is 19.1 Å². The summed E-state index contributed by atoms with van der Waals surface area (Å²) in [5, 5.41) is 2.79. The predicted octanol–water partition coefficient (Wildman–Crippen LogP) is 3.89. The van der Waals surface area contributed by atoms with E-state index in [1.807, 2.05) is 26.0 Å². The number of benzene rings is 2. The molecule has 4 heteroatoms. The summed E-state index contributed by atoms with van der Waals surface area (Å²) in [4.78, 5) is 11.9.